The number of anilines is 2. The maximum absolute atomic E-state index is 13.2. The molecule has 2 N–H and O–H groups in total. The average Bonchev–Trinajstić information content (AvgIpc) is 3.27. The minimum absolute atomic E-state index is 0.0185. The third-order valence-corrected chi connectivity index (χ3v) is 6.24. The van der Waals surface area contributed by atoms with E-state index in [0.717, 1.165) is 5.69 Å². The van der Waals surface area contributed by atoms with E-state index in [-0.39, 0.29) is 5.78 Å². The first-order valence-electron chi connectivity index (χ1n) is 10.2. The van der Waals surface area contributed by atoms with Crippen LogP contribution in [-0.2, 0) is 9.59 Å². The number of nitrogens with one attached hydrogen (secondary N) is 1. The molecule has 4 atom stereocenters. The number of ketones is 1. The van der Waals surface area contributed by atoms with E-state index in [4.69, 9.17) is 0 Å². The van der Waals surface area contributed by atoms with Crippen molar-refractivity contribution in [1.82, 2.24) is 4.90 Å². The van der Waals surface area contributed by atoms with Gasteiger partial charge in [-0.2, -0.15) is 0 Å². The Bertz CT molecular complexity index is 1010. The minimum Gasteiger partial charge on any atom is -0.480 e. The maximum Gasteiger partial charge on any atom is 0.326 e. The number of rotatable bonds is 4. The molecule has 1 saturated carbocycles. The first-order valence-corrected chi connectivity index (χ1v) is 10.2. The zero-order chi connectivity index (χ0) is 22.3. The summed E-state index contributed by atoms with van der Waals surface area (Å²) >= 11 is 0. The Kier molecular flexibility index (Phi) is 5.39. The fourth-order valence-electron chi connectivity index (χ4n) is 4.82. The van der Waals surface area contributed by atoms with Crippen LogP contribution in [-0.4, -0.2) is 47.9 Å². The van der Waals surface area contributed by atoms with E-state index < -0.39 is 41.7 Å². The standard InChI is InChI=1S/C23H24FN3O4/c1-26(2)16-9-3-13(4-10-16)20-19-17(11-12-18(19)28)21(22(29)30)27(20)23(31)25-15-7-5-14(24)6-8-15/h3-10,17,19-21H,11-12H2,1-2H3,(H,25,31)(H,29,30). The molecule has 0 spiro atoms. The lowest BCUT2D eigenvalue weighted by molar-refractivity contribution is -0.142. The van der Waals surface area contributed by atoms with Gasteiger partial charge in [0.05, 0.1) is 6.04 Å². The van der Waals surface area contributed by atoms with Gasteiger partial charge in [0.1, 0.15) is 17.6 Å². The highest BCUT2D eigenvalue weighted by Crippen LogP contribution is 2.51. The van der Waals surface area contributed by atoms with Gasteiger partial charge in [0, 0.05) is 43.7 Å². The minimum atomic E-state index is -1.13. The smallest absolute Gasteiger partial charge is 0.326 e. The Hall–Kier alpha value is -3.42. The second-order valence-corrected chi connectivity index (χ2v) is 8.25. The van der Waals surface area contributed by atoms with Gasteiger partial charge in [-0.25, -0.2) is 14.0 Å². The highest BCUT2D eigenvalue weighted by atomic mass is 19.1. The molecule has 2 aromatic carbocycles. The number of carboxylic acid groups (broad SMARTS) is 1. The van der Waals surface area contributed by atoms with Crippen LogP contribution in [0.25, 0.3) is 0 Å². The molecule has 4 rings (SSSR count). The van der Waals surface area contributed by atoms with Crippen molar-refractivity contribution in [3.05, 3.63) is 59.9 Å². The maximum atomic E-state index is 13.2. The number of likely N-dealkylation sites (tertiary alicyclic amines) is 1. The third kappa shape index (κ3) is 3.73. The van der Waals surface area contributed by atoms with E-state index in [1.807, 2.05) is 43.3 Å². The topological polar surface area (TPSA) is 90.0 Å². The van der Waals surface area contributed by atoms with Gasteiger partial charge < -0.3 is 20.2 Å². The van der Waals surface area contributed by atoms with Crippen molar-refractivity contribution in [1.29, 1.82) is 0 Å². The van der Waals surface area contributed by atoms with Gasteiger partial charge in [-0.05, 0) is 48.4 Å². The summed E-state index contributed by atoms with van der Waals surface area (Å²) in [6.07, 6.45) is 0.756. The number of carbonyl (C=O) groups is 3. The first-order chi connectivity index (χ1) is 14.8. The fraction of sp³-hybridized carbons (Fsp3) is 0.348. The number of benzene rings is 2. The molecule has 1 saturated heterocycles. The zero-order valence-electron chi connectivity index (χ0n) is 17.3. The van der Waals surface area contributed by atoms with Gasteiger partial charge in [0.25, 0.3) is 0 Å². The summed E-state index contributed by atoms with van der Waals surface area (Å²) in [4.78, 5) is 41.4. The molecule has 2 aromatic rings. The summed E-state index contributed by atoms with van der Waals surface area (Å²) in [5, 5.41) is 12.6. The molecule has 0 radical (unpaired) electrons. The molecule has 2 fully saturated rings. The number of aliphatic carboxylic acids is 1. The van der Waals surface area contributed by atoms with Crippen LogP contribution in [0.1, 0.15) is 24.4 Å². The second kappa shape index (κ2) is 8.02. The lowest BCUT2D eigenvalue weighted by atomic mass is 9.87. The monoisotopic (exact) mass is 425 g/mol. The van der Waals surface area contributed by atoms with E-state index >= 15 is 0 Å². The molecule has 2 aliphatic rings. The number of carbonyl (C=O) groups excluding carboxylic acids is 2. The fourth-order valence-corrected chi connectivity index (χ4v) is 4.82. The lowest BCUT2D eigenvalue weighted by Gasteiger charge is -2.31. The molecule has 1 aliphatic heterocycles. The van der Waals surface area contributed by atoms with Crippen molar-refractivity contribution in [2.45, 2.75) is 24.9 Å². The van der Waals surface area contributed by atoms with Gasteiger partial charge in [0.15, 0.2) is 0 Å². The summed E-state index contributed by atoms with van der Waals surface area (Å²) < 4.78 is 13.2. The molecule has 1 heterocycles. The van der Waals surface area contributed by atoms with Crippen LogP contribution in [0.4, 0.5) is 20.6 Å². The number of carboxylic acids is 1. The van der Waals surface area contributed by atoms with Crippen LogP contribution >= 0.6 is 0 Å². The van der Waals surface area contributed by atoms with E-state index in [1.54, 1.807) is 0 Å². The van der Waals surface area contributed by atoms with Crippen LogP contribution in [0, 0.1) is 17.7 Å². The third-order valence-electron chi connectivity index (χ3n) is 6.24. The largest absolute Gasteiger partial charge is 0.480 e. The van der Waals surface area contributed by atoms with Crippen LogP contribution in [0.3, 0.4) is 0 Å². The summed E-state index contributed by atoms with van der Waals surface area (Å²) in [6.45, 7) is 0. The average molecular weight is 425 g/mol. The Balaban J connectivity index is 1.73. The van der Waals surface area contributed by atoms with Crippen LogP contribution in [0.5, 0.6) is 0 Å². The molecule has 31 heavy (non-hydrogen) atoms. The highest BCUT2D eigenvalue weighted by Gasteiger charge is 2.59. The van der Waals surface area contributed by atoms with Crippen LogP contribution in [0.2, 0.25) is 0 Å². The number of hydrogen-bond donors (Lipinski definition) is 2. The number of hydrogen-bond acceptors (Lipinski definition) is 4. The Morgan fingerprint density at radius 3 is 2.32 bits per heavy atom. The summed E-state index contributed by atoms with van der Waals surface area (Å²) in [5.41, 5.74) is 2.02. The second-order valence-electron chi connectivity index (χ2n) is 8.25. The lowest BCUT2D eigenvalue weighted by Crippen LogP contribution is -2.46. The molecule has 8 heteroatoms. The Morgan fingerprint density at radius 1 is 1.10 bits per heavy atom. The highest BCUT2D eigenvalue weighted by molar-refractivity contribution is 5.96. The van der Waals surface area contributed by atoms with Crippen molar-refractivity contribution in [2.24, 2.45) is 11.8 Å². The summed E-state index contributed by atoms with van der Waals surface area (Å²) in [7, 11) is 3.81. The van der Waals surface area contributed by atoms with Crippen LogP contribution < -0.4 is 10.2 Å². The van der Waals surface area contributed by atoms with Gasteiger partial charge in [-0.3, -0.25) is 4.79 Å². The molecular formula is C23H24FN3O4. The first kappa shape index (κ1) is 20.8. The van der Waals surface area contributed by atoms with Crippen molar-refractivity contribution in [3.8, 4) is 0 Å². The van der Waals surface area contributed by atoms with Gasteiger partial charge >= 0.3 is 12.0 Å². The number of amides is 2. The predicted molar refractivity (Wildman–Crippen MR) is 113 cm³/mol. The van der Waals surface area contributed by atoms with E-state index in [2.05, 4.69) is 5.32 Å². The quantitative estimate of drug-likeness (QED) is 0.782. The number of nitrogens with zero attached hydrogens (tertiary/aromatic N) is 2. The number of Topliss-reactive ketones (excluding diaryl/α,β-unsaturated/α-hetero) is 1. The Morgan fingerprint density at radius 2 is 1.74 bits per heavy atom. The molecule has 162 valence electrons. The molecule has 4 unspecified atom stereocenters. The normalized spacial score (nSPS) is 24.7. The molecule has 1 aliphatic carbocycles. The number of fused-ring (bicyclic) bond motifs is 1. The number of urea groups is 1. The number of halogens is 1. The van der Waals surface area contributed by atoms with Gasteiger partial charge in [-0.15, -0.1) is 0 Å². The zero-order valence-corrected chi connectivity index (χ0v) is 17.3. The molecule has 0 aromatic heterocycles. The molecular weight excluding hydrogens is 401 g/mol. The van der Waals surface area contributed by atoms with E-state index in [0.29, 0.717) is 24.1 Å². The summed E-state index contributed by atoms with van der Waals surface area (Å²) in [5.74, 6) is -2.60. The SMILES string of the molecule is CN(C)c1ccc(C2C3C(=O)CCC3C(C(=O)O)N2C(=O)Nc2ccc(F)cc2)cc1. The predicted octanol–water partition coefficient (Wildman–Crippen LogP) is 3.53. The van der Waals surface area contributed by atoms with E-state index in [1.165, 1.54) is 29.2 Å². The van der Waals surface area contributed by atoms with Crippen molar-refractivity contribution < 1.29 is 23.9 Å². The van der Waals surface area contributed by atoms with Crippen LogP contribution in [0.15, 0.2) is 48.5 Å². The summed E-state index contributed by atoms with van der Waals surface area (Å²) in [6, 6.07) is 10.3. The van der Waals surface area contributed by atoms with Crippen molar-refractivity contribution in [3.63, 3.8) is 0 Å². The molecule has 7 nitrogen and oxygen atoms in total. The van der Waals surface area contributed by atoms with Crippen molar-refractivity contribution in [2.75, 3.05) is 24.3 Å². The van der Waals surface area contributed by atoms with Gasteiger partial charge in [-0.1, -0.05) is 12.1 Å². The molecule has 0 bridgehead atoms. The molecule has 2 amide bonds. The van der Waals surface area contributed by atoms with Crippen molar-refractivity contribution >= 4 is 29.2 Å². The van der Waals surface area contributed by atoms with E-state index in [9.17, 15) is 23.9 Å². The van der Waals surface area contributed by atoms with Gasteiger partial charge in [0.2, 0.25) is 0 Å². The Labute approximate surface area is 179 Å².